The van der Waals surface area contributed by atoms with Crippen LogP contribution in [0.4, 0.5) is 5.95 Å². The number of rotatable bonds is 8. The van der Waals surface area contributed by atoms with Crippen molar-refractivity contribution in [1.29, 1.82) is 0 Å². The number of nitrogens with two attached hydrogens (primary N) is 1. The number of fused-ring (bicyclic) bond motifs is 1. The van der Waals surface area contributed by atoms with E-state index in [2.05, 4.69) is 28.1 Å². The van der Waals surface area contributed by atoms with Crippen molar-refractivity contribution >= 4 is 40.6 Å². The smallest absolute Gasteiger partial charge is 0.385 e. The number of nitrogens with zero attached hydrogens (tertiary/aromatic N) is 3. The third-order valence-electron chi connectivity index (χ3n) is 4.04. The predicted octanol–water partition coefficient (Wildman–Crippen LogP) is -0.916. The Morgan fingerprint density at radius 2 is 1.94 bits per heavy atom. The largest absolute Gasteiger partial charge is 0.490 e. The lowest BCUT2D eigenvalue weighted by molar-refractivity contribution is -0.0849. The number of aliphatic hydroxyl groups is 1. The zero-order valence-electron chi connectivity index (χ0n) is 15.9. The van der Waals surface area contributed by atoms with Crippen molar-refractivity contribution in [2.45, 2.75) is 31.3 Å². The molecule has 18 nitrogen and oxygen atoms in total. The molecule has 0 radical (unpaired) electrons. The lowest BCUT2D eigenvalue weighted by Crippen LogP contribution is -2.32. The van der Waals surface area contributed by atoms with Crippen LogP contribution in [-0.2, 0) is 31.6 Å². The SMILES string of the molecule is CC1(O)CC(COP(=O)(O)OP(=O)(O)OP(=O)(O)O)OC1n1cnc2c(=O)[nH]c(N)nc21. The topological polar surface area (TPSA) is 279 Å². The van der Waals surface area contributed by atoms with Crippen LogP contribution in [-0.4, -0.2) is 62.5 Å². The van der Waals surface area contributed by atoms with Gasteiger partial charge in [0.15, 0.2) is 17.4 Å². The normalized spacial score (nSPS) is 27.9. The van der Waals surface area contributed by atoms with Crippen LogP contribution in [0.1, 0.15) is 19.6 Å². The molecule has 5 atom stereocenters. The predicted molar refractivity (Wildman–Crippen MR) is 102 cm³/mol. The fourth-order valence-corrected chi connectivity index (χ4v) is 6.05. The molecule has 2 aromatic heterocycles. The van der Waals surface area contributed by atoms with Gasteiger partial charge in [-0.3, -0.25) is 18.9 Å². The average molecular weight is 521 g/mol. The van der Waals surface area contributed by atoms with E-state index in [4.69, 9.17) is 25.2 Å². The number of aromatic amines is 1. The van der Waals surface area contributed by atoms with E-state index in [-0.39, 0.29) is 23.5 Å². The summed E-state index contributed by atoms with van der Waals surface area (Å²) in [6.45, 7) is 0.587. The first-order chi connectivity index (χ1) is 14.5. The van der Waals surface area contributed by atoms with Crippen molar-refractivity contribution in [2.75, 3.05) is 12.3 Å². The Morgan fingerprint density at radius 3 is 2.56 bits per heavy atom. The average Bonchev–Trinajstić information content (AvgIpc) is 3.09. The summed E-state index contributed by atoms with van der Waals surface area (Å²) in [5, 5.41) is 10.7. The summed E-state index contributed by atoms with van der Waals surface area (Å²) in [5.74, 6) is -0.217. The van der Waals surface area contributed by atoms with Crippen molar-refractivity contribution in [3.05, 3.63) is 16.7 Å². The van der Waals surface area contributed by atoms with E-state index >= 15 is 0 Å². The monoisotopic (exact) mass is 521 g/mol. The standard InChI is InChI=1S/C11H18N5O13P3/c1-11(18)2-5(3-26-31(22,23)29-32(24,25)28-30(19,20)21)27-9(11)16-4-13-6-7(16)14-10(12)15-8(6)17/h4-5,9,18H,2-3H2,1H3,(H,22,23)(H,24,25)(H2,19,20,21)(H3,12,14,15,17). The zero-order chi connectivity index (χ0) is 24.1. The van der Waals surface area contributed by atoms with Crippen LogP contribution in [0.3, 0.4) is 0 Å². The number of ether oxygens (including phenoxy) is 1. The third-order valence-corrected chi connectivity index (χ3v) is 7.84. The van der Waals surface area contributed by atoms with Crippen LogP contribution in [0.25, 0.3) is 11.2 Å². The van der Waals surface area contributed by atoms with Gasteiger partial charge in [0.2, 0.25) is 5.95 Å². The highest BCUT2D eigenvalue weighted by Crippen LogP contribution is 2.66. The number of anilines is 1. The number of hydrogen-bond donors (Lipinski definition) is 7. The van der Waals surface area contributed by atoms with Gasteiger partial charge >= 0.3 is 23.5 Å². The van der Waals surface area contributed by atoms with Crippen LogP contribution >= 0.6 is 23.5 Å². The van der Waals surface area contributed by atoms with Crippen LogP contribution in [0.15, 0.2) is 11.1 Å². The minimum Gasteiger partial charge on any atom is -0.385 e. The summed E-state index contributed by atoms with van der Waals surface area (Å²) in [7, 11) is -16.6. The maximum atomic E-state index is 11.9. The van der Waals surface area contributed by atoms with Gasteiger partial charge in [0, 0.05) is 6.42 Å². The lowest BCUT2D eigenvalue weighted by atomic mass is 10.0. The van der Waals surface area contributed by atoms with Crippen LogP contribution in [0.5, 0.6) is 0 Å². The lowest BCUT2D eigenvalue weighted by Gasteiger charge is -2.24. The van der Waals surface area contributed by atoms with E-state index in [9.17, 15) is 28.5 Å². The Hall–Kier alpha value is -1.52. The number of hydrogen-bond acceptors (Lipinski definition) is 12. The molecule has 3 rings (SSSR count). The van der Waals surface area contributed by atoms with E-state index < -0.39 is 53.6 Å². The fourth-order valence-electron chi connectivity index (χ4n) is 3.00. The van der Waals surface area contributed by atoms with Crippen LogP contribution < -0.4 is 11.3 Å². The summed E-state index contributed by atoms with van der Waals surface area (Å²) in [5.41, 5.74) is 3.17. The fraction of sp³-hybridized carbons (Fsp3) is 0.545. The highest BCUT2D eigenvalue weighted by Gasteiger charge is 2.47. The first kappa shape index (κ1) is 25.1. The Morgan fingerprint density at radius 1 is 1.28 bits per heavy atom. The van der Waals surface area contributed by atoms with Crippen LogP contribution in [0, 0.1) is 0 Å². The van der Waals surface area contributed by atoms with E-state index in [1.54, 1.807) is 0 Å². The summed E-state index contributed by atoms with van der Waals surface area (Å²) in [6.07, 6.45) is -1.31. The van der Waals surface area contributed by atoms with Gasteiger partial charge in [-0.15, -0.1) is 0 Å². The molecule has 0 spiro atoms. The molecule has 8 N–H and O–H groups in total. The first-order valence-electron chi connectivity index (χ1n) is 8.36. The van der Waals surface area contributed by atoms with Crippen LogP contribution in [0.2, 0.25) is 0 Å². The second kappa shape index (κ2) is 8.36. The number of phosphoric ester groups is 1. The highest BCUT2D eigenvalue weighted by atomic mass is 31.3. The third kappa shape index (κ3) is 5.88. The van der Waals surface area contributed by atoms with E-state index in [0.29, 0.717) is 0 Å². The molecule has 21 heteroatoms. The van der Waals surface area contributed by atoms with Crippen molar-refractivity contribution in [3.8, 4) is 0 Å². The minimum atomic E-state index is -5.67. The summed E-state index contributed by atoms with van der Waals surface area (Å²) < 4.78 is 52.4. The molecule has 1 aliphatic heterocycles. The molecule has 1 saturated heterocycles. The van der Waals surface area contributed by atoms with E-state index in [1.807, 2.05) is 0 Å². The number of aromatic nitrogens is 4. The molecule has 2 aromatic rings. The number of phosphoric acid groups is 3. The van der Waals surface area contributed by atoms with Crippen molar-refractivity contribution in [3.63, 3.8) is 0 Å². The molecule has 32 heavy (non-hydrogen) atoms. The van der Waals surface area contributed by atoms with Gasteiger partial charge < -0.3 is 35.2 Å². The second-order valence-electron chi connectivity index (χ2n) is 6.83. The molecular weight excluding hydrogens is 503 g/mol. The first-order valence-corrected chi connectivity index (χ1v) is 12.9. The Bertz CT molecular complexity index is 1220. The van der Waals surface area contributed by atoms with Gasteiger partial charge in [-0.05, 0) is 6.92 Å². The molecule has 0 amide bonds. The zero-order valence-corrected chi connectivity index (χ0v) is 18.6. The van der Waals surface area contributed by atoms with E-state index in [0.717, 1.165) is 6.33 Å². The molecule has 1 fully saturated rings. The Kier molecular flexibility index (Phi) is 6.56. The quantitative estimate of drug-likeness (QED) is 0.207. The second-order valence-corrected chi connectivity index (χ2v) is 11.3. The molecule has 0 saturated carbocycles. The number of imidazole rings is 1. The highest BCUT2D eigenvalue weighted by molar-refractivity contribution is 7.66. The maximum absolute atomic E-state index is 11.9. The number of H-pyrrole nitrogens is 1. The van der Waals surface area contributed by atoms with Crippen molar-refractivity contribution in [2.24, 2.45) is 0 Å². The Balaban J connectivity index is 1.72. The molecule has 0 aliphatic carbocycles. The number of nitrogens with one attached hydrogen (secondary N) is 1. The van der Waals surface area contributed by atoms with Gasteiger partial charge in [0.1, 0.15) is 5.60 Å². The van der Waals surface area contributed by atoms with Crippen molar-refractivity contribution in [1.82, 2.24) is 19.5 Å². The van der Waals surface area contributed by atoms with Crippen molar-refractivity contribution < 1.29 is 56.3 Å². The molecule has 3 heterocycles. The van der Waals surface area contributed by atoms with Gasteiger partial charge in [0.25, 0.3) is 5.56 Å². The minimum absolute atomic E-state index is 0.00920. The number of nitrogen functional groups attached to an aromatic ring is 1. The Labute approximate surface area is 177 Å². The van der Waals surface area contributed by atoms with Gasteiger partial charge in [-0.25, -0.2) is 18.7 Å². The molecular formula is C11H18N5O13P3. The molecule has 1 aliphatic rings. The summed E-state index contributed by atoms with van der Waals surface area (Å²) in [6, 6.07) is 0. The molecule has 0 aromatic carbocycles. The molecule has 5 unspecified atom stereocenters. The molecule has 0 bridgehead atoms. The van der Waals surface area contributed by atoms with Gasteiger partial charge in [-0.2, -0.15) is 13.6 Å². The summed E-state index contributed by atoms with van der Waals surface area (Å²) in [4.78, 5) is 57.7. The maximum Gasteiger partial charge on any atom is 0.490 e. The van der Waals surface area contributed by atoms with Gasteiger partial charge in [0.05, 0.1) is 19.0 Å². The van der Waals surface area contributed by atoms with Gasteiger partial charge in [-0.1, -0.05) is 0 Å². The van der Waals surface area contributed by atoms with E-state index in [1.165, 1.54) is 11.5 Å². The molecule has 180 valence electrons. The summed E-state index contributed by atoms with van der Waals surface area (Å²) >= 11 is 0.